The van der Waals surface area contributed by atoms with Crippen LogP contribution in [0.15, 0.2) is 9.78 Å². The zero-order chi connectivity index (χ0) is 13.0. The molecule has 1 aromatic heterocycles. The Morgan fingerprint density at radius 2 is 2.17 bits per heavy atom. The summed E-state index contributed by atoms with van der Waals surface area (Å²) < 4.78 is 9.87. The maximum Gasteiger partial charge on any atom is 0.332 e. The van der Waals surface area contributed by atoms with Crippen LogP contribution >= 0.6 is 0 Å². The van der Waals surface area contributed by atoms with Crippen LogP contribution < -0.4 is 10.6 Å². The van der Waals surface area contributed by atoms with Gasteiger partial charge in [-0.1, -0.05) is 5.16 Å². The second kappa shape index (κ2) is 5.45. The van der Waals surface area contributed by atoms with Crippen LogP contribution in [-0.2, 0) is 14.4 Å². The Hall–Kier alpha value is -2.16. The summed E-state index contributed by atoms with van der Waals surface area (Å²) in [5.74, 6) is -0.165. The van der Waals surface area contributed by atoms with Crippen molar-refractivity contribution in [2.75, 3.05) is 31.2 Å². The lowest BCUT2D eigenvalue weighted by molar-refractivity contribution is -0.140. The molecular formula is C9H13N5O4. The molecule has 0 amide bonds. The van der Waals surface area contributed by atoms with Gasteiger partial charge < -0.3 is 20.2 Å². The van der Waals surface area contributed by atoms with Gasteiger partial charge in [0, 0.05) is 20.0 Å². The highest BCUT2D eigenvalue weighted by Gasteiger charge is 2.22. The topological polar surface area (TPSA) is 116 Å². The van der Waals surface area contributed by atoms with Crippen LogP contribution in [0.5, 0.6) is 0 Å². The van der Waals surface area contributed by atoms with Gasteiger partial charge in [0.05, 0.1) is 13.2 Å². The molecule has 2 heterocycles. The predicted octanol–water partition coefficient (Wildman–Crippen LogP) is -0.910. The molecule has 2 rings (SSSR count). The van der Waals surface area contributed by atoms with Gasteiger partial charge >= 0.3 is 5.97 Å². The van der Waals surface area contributed by atoms with Gasteiger partial charge in [-0.15, -0.1) is 0 Å². The van der Waals surface area contributed by atoms with E-state index in [1.807, 2.05) is 4.90 Å². The summed E-state index contributed by atoms with van der Waals surface area (Å²) in [6.07, 6.45) is 0. The number of ether oxygens (including phenoxy) is 1. The average Bonchev–Trinajstić information content (AvgIpc) is 2.86. The standard InChI is InChI=1S/C9H13N5O4/c1-6(15)17-12-8(10)7-9(13-18-11-7)14-2-4-16-5-3-14/h2-5H2,1H3,(H2,10,12). The van der Waals surface area contributed by atoms with Crippen LogP contribution in [0, 0.1) is 0 Å². The molecular weight excluding hydrogens is 242 g/mol. The fourth-order valence-electron chi connectivity index (χ4n) is 1.48. The van der Waals surface area contributed by atoms with Crippen molar-refractivity contribution in [3.63, 3.8) is 0 Å². The number of morpholine rings is 1. The normalized spacial score (nSPS) is 16.7. The third-order valence-corrected chi connectivity index (χ3v) is 2.30. The highest BCUT2D eigenvalue weighted by Crippen LogP contribution is 2.16. The molecule has 0 atom stereocenters. The summed E-state index contributed by atoms with van der Waals surface area (Å²) in [5, 5.41) is 10.9. The summed E-state index contributed by atoms with van der Waals surface area (Å²) in [6.45, 7) is 3.71. The van der Waals surface area contributed by atoms with Crippen molar-refractivity contribution < 1.29 is 19.0 Å². The Bertz CT molecular complexity index is 452. The van der Waals surface area contributed by atoms with E-state index in [0.717, 1.165) is 0 Å². The van der Waals surface area contributed by atoms with Gasteiger partial charge in [-0.25, -0.2) is 9.42 Å². The molecule has 0 spiro atoms. The molecule has 0 unspecified atom stereocenters. The number of nitrogens with two attached hydrogens (primary N) is 1. The smallest absolute Gasteiger partial charge is 0.332 e. The van der Waals surface area contributed by atoms with Crippen LogP contribution in [0.1, 0.15) is 12.6 Å². The van der Waals surface area contributed by atoms with Crippen LogP contribution in [-0.4, -0.2) is 48.4 Å². The molecule has 18 heavy (non-hydrogen) atoms. The van der Waals surface area contributed by atoms with Gasteiger partial charge in [0.1, 0.15) is 0 Å². The first kappa shape index (κ1) is 12.3. The van der Waals surface area contributed by atoms with Crippen LogP contribution in [0.25, 0.3) is 0 Å². The zero-order valence-corrected chi connectivity index (χ0v) is 9.83. The third-order valence-electron chi connectivity index (χ3n) is 2.30. The van der Waals surface area contributed by atoms with E-state index in [4.69, 9.17) is 10.5 Å². The Labute approximate surface area is 102 Å². The maximum atomic E-state index is 10.6. The molecule has 1 aromatic rings. The Balaban J connectivity index is 2.15. The first-order chi connectivity index (χ1) is 8.68. The first-order valence-electron chi connectivity index (χ1n) is 5.35. The van der Waals surface area contributed by atoms with Crippen molar-refractivity contribution in [3.8, 4) is 0 Å². The van der Waals surface area contributed by atoms with E-state index in [1.54, 1.807) is 0 Å². The van der Waals surface area contributed by atoms with Gasteiger partial charge in [0.2, 0.25) is 5.82 Å². The summed E-state index contributed by atoms with van der Waals surface area (Å²) in [7, 11) is 0. The number of anilines is 1. The fourth-order valence-corrected chi connectivity index (χ4v) is 1.48. The molecule has 9 heteroatoms. The summed E-state index contributed by atoms with van der Waals surface area (Å²) in [6, 6.07) is 0. The Kier molecular flexibility index (Phi) is 3.72. The average molecular weight is 255 g/mol. The number of hydrogen-bond donors (Lipinski definition) is 1. The van der Waals surface area contributed by atoms with Gasteiger partial charge in [0.25, 0.3) is 0 Å². The number of amidine groups is 1. The maximum absolute atomic E-state index is 10.6. The molecule has 1 aliphatic heterocycles. The lowest BCUT2D eigenvalue weighted by Crippen LogP contribution is -2.37. The molecule has 2 N–H and O–H groups in total. The molecule has 0 saturated carbocycles. The summed E-state index contributed by atoms with van der Waals surface area (Å²) >= 11 is 0. The number of aromatic nitrogens is 2. The summed E-state index contributed by atoms with van der Waals surface area (Å²) in [4.78, 5) is 17.0. The minimum atomic E-state index is -0.567. The second-order valence-electron chi connectivity index (χ2n) is 3.60. The second-order valence-corrected chi connectivity index (χ2v) is 3.60. The van der Waals surface area contributed by atoms with Crippen molar-refractivity contribution in [2.24, 2.45) is 10.9 Å². The number of carbonyl (C=O) groups excluding carboxylic acids is 1. The van der Waals surface area contributed by atoms with Crippen molar-refractivity contribution in [1.29, 1.82) is 0 Å². The van der Waals surface area contributed by atoms with E-state index in [0.29, 0.717) is 32.1 Å². The van der Waals surface area contributed by atoms with E-state index in [1.165, 1.54) is 6.92 Å². The number of oxime groups is 1. The quantitative estimate of drug-likeness (QED) is 0.319. The highest BCUT2D eigenvalue weighted by molar-refractivity contribution is 5.99. The lowest BCUT2D eigenvalue weighted by Gasteiger charge is -2.26. The molecule has 0 bridgehead atoms. The van der Waals surface area contributed by atoms with Gasteiger partial charge in [-0.3, -0.25) is 0 Å². The van der Waals surface area contributed by atoms with Gasteiger partial charge in [-0.05, 0) is 10.3 Å². The number of carbonyl (C=O) groups is 1. The van der Waals surface area contributed by atoms with Crippen molar-refractivity contribution >= 4 is 17.6 Å². The largest absolute Gasteiger partial charge is 0.379 e. The number of nitrogens with zero attached hydrogens (tertiary/aromatic N) is 4. The monoisotopic (exact) mass is 255 g/mol. The third kappa shape index (κ3) is 2.74. The summed E-state index contributed by atoms with van der Waals surface area (Å²) in [5.41, 5.74) is 5.90. The van der Waals surface area contributed by atoms with E-state index in [2.05, 4.69) is 24.9 Å². The van der Waals surface area contributed by atoms with Crippen LogP contribution in [0.2, 0.25) is 0 Å². The van der Waals surface area contributed by atoms with Crippen molar-refractivity contribution in [3.05, 3.63) is 5.69 Å². The molecule has 1 saturated heterocycles. The predicted molar refractivity (Wildman–Crippen MR) is 59.8 cm³/mol. The molecule has 9 nitrogen and oxygen atoms in total. The zero-order valence-electron chi connectivity index (χ0n) is 9.83. The Morgan fingerprint density at radius 1 is 1.44 bits per heavy atom. The highest BCUT2D eigenvalue weighted by atomic mass is 16.7. The van der Waals surface area contributed by atoms with Gasteiger partial charge in [-0.2, -0.15) is 0 Å². The van der Waals surface area contributed by atoms with Crippen LogP contribution in [0.3, 0.4) is 0 Å². The SMILES string of the molecule is CC(=O)O/N=C(/N)c1nonc1N1CCOCC1. The van der Waals surface area contributed by atoms with Crippen LogP contribution in [0.4, 0.5) is 5.82 Å². The number of hydrogen-bond acceptors (Lipinski definition) is 8. The lowest BCUT2D eigenvalue weighted by atomic mass is 10.3. The van der Waals surface area contributed by atoms with E-state index in [-0.39, 0.29) is 11.5 Å². The molecule has 1 fully saturated rings. The van der Waals surface area contributed by atoms with E-state index >= 15 is 0 Å². The molecule has 98 valence electrons. The van der Waals surface area contributed by atoms with E-state index in [9.17, 15) is 4.79 Å². The minimum Gasteiger partial charge on any atom is -0.379 e. The fraction of sp³-hybridized carbons (Fsp3) is 0.556. The van der Waals surface area contributed by atoms with Gasteiger partial charge in [0.15, 0.2) is 11.5 Å². The number of rotatable bonds is 3. The first-order valence-corrected chi connectivity index (χ1v) is 5.35. The Morgan fingerprint density at radius 3 is 2.83 bits per heavy atom. The van der Waals surface area contributed by atoms with E-state index < -0.39 is 5.97 Å². The van der Waals surface area contributed by atoms with Crippen molar-refractivity contribution in [2.45, 2.75) is 6.92 Å². The molecule has 0 radical (unpaired) electrons. The molecule has 1 aliphatic rings. The molecule has 0 aromatic carbocycles. The molecule has 0 aliphatic carbocycles. The minimum absolute atomic E-state index is 0.0621. The van der Waals surface area contributed by atoms with Crippen molar-refractivity contribution in [1.82, 2.24) is 10.3 Å².